The van der Waals surface area contributed by atoms with Gasteiger partial charge in [-0.3, -0.25) is 4.90 Å². The van der Waals surface area contributed by atoms with Crippen LogP contribution in [-0.2, 0) is 6.54 Å². The second kappa shape index (κ2) is 5.62. The number of nitrogens with one attached hydrogen (secondary N) is 1. The van der Waals surface area contributed by atoms with Gasteiger partial charge in [-0.05, 0) is 41.9 Å². The zero-order chi connectivity index (χ0) is 15.0. The van der Waals surface area contributed by atoms with Gasteiger partial charge in [-0.2, -0.15) is 0 Å². The molecule has 1 aromatic rings. The van der Waals surface area contributed by atoms with Crippen LogP contribution < -0.4 is 5.32 Å². The summed E-state index contributed by atoms with van der Waals surface area (Å²) in [6, 6.07) is 8.90. The Balaban J connectivity index is 1.73. The van der Waals surface area contributed by atoms with Crippen molar-refractivity contribution in [2.45, 2.75) is 52.2 Å². The highest BCUT2D eigenvalue weighted by Gasteiger charge is 2.40. The molecule has 116 valence electrons. The van der Waals surface area contributed by atoms with Crippen molar-refractivity contribution in [3.05, 3.63) is 29.8 Å². The molecule has 1 aliphatic heterocycles. The van der Waals surface area contributed by atoms with Crippen LogP contribution in [0.3, 0.4) is 0 Å². The third kappa shape index (κ3) is 3.58. The van der Waals surface area contributed by atoms with Gasteiger partial charge in [-0.15, -0.1) is 0 Å². The van der Waals surface area contributed by atoms with E-state index in [1.807, 2.05) is 12.1 Å². The Morgan fingerprint density at radius 1 is 1.19 bits per heavy atom. The second-order valence-electron chi connectivity index (χ2n) is 7.83. The monoisotopic (exact) mass is 288 g/mol. The summed E-state index contributed by atoms with van der Waals surface area (Å²) in [4.78, 5) is 2.64. The Labute approximate surface area is 128 Å². The van der Waals surface area contributed by atoms with Crippen molar-refractivity contribution in [1.29, 1.82) is 0 Å². The van der Waals surface area contributed by atoms with Crippen molar-refractivity contribution < 1.29 is 5.11 Å². The fourth-order valence-electron chi connectivity index (χ4n) is 3.52. The summed E-state index contributed by atoms with van der Waals surface area (Å²) in [6.07, 6.45) is 2.79. The zero-order valence-electron chi connectivity index (χ0n) is 13.5. The Bertz CT molecular complexity index is 473. The first-order valence-electron chi connectivity index (χ1n) is 8.19. The molecule has 0 radical (unpaired) electrons. The largest absolute Gasteiger partial charge is 0.508 e. The number of aromatic hydroxyl groups is 1. The predicted octanol–water partition coefficient (Wildman–Crippen LogP) is 2.99. The fourth-order valence-corrected chi connectivity index (χ4v) is 3.52. The van der Waals surface area contributed by atoms with Gasteiger partial charge in [-0.1, -0.05) is 32.9 Å². The van der Waals surface area contributed by atoms with Crippen LogP contribution in [0.4, 0.5) is 0 Å². The average molecular weight is 288 g/mol. The average Bonchev–Trinajstić information content (AvgIpc) is 3.24. The van der Waals surface area contributed by atoms with E-state index >= 15 is 0 Å². The third-order valence-electron chi connectivity index (χ3n) is 4.96. The molecule has 1 saturated heterocycles. The molecule has 21 heavy (non-hydrogen) atoms. The maximum absolute atomic E-state index is 9.44. The lowest BCUT2D eigenvalue weighted by Gasteiger charge is -2.46. The highest BCUT2D eigenvalue weighted by Crippen LogP contribution is 2.36. The number of hydrogen-bond donors (Lipinski definition) is 2. The van der Waals surface area contributed by atoms with E-state index in [0.29, 0.717) is 17.8 Å². The fraction of sp³-hybridized carbons (Fsp3) is 0.667. The Kier molecular flexibility index (Phi) is 3.98. The van der Waals surface area contributed by atoms with E-state index in [2.05, 4.69) is 31.0 Å². The summed E-state index contributed by atoms with van der Waals surface area (Å²) in [5, 5.41) is 13.2. The molecule has 0 amide bonds. The molecule has 2 atom stereocenters. The van der Waals surface area contributed by atoms with Crippen molar-refractivity contribution in [3.63, 3.8) is 0 Å². The highest BCUT2D eigenvalue weighted by atomic mass is 16.3. The molecule has 2 fully saturated rings. The topological polar surface area (TPSA) is 35.5 Å². The van der Waals surface area contributed by atoms with Gasteiger partial charge >= 0.3 is 0 Å². The van der Waals surface area contributed by atoms with E-state index in [0.717, 1.165) is 25.6 Å². The Morgan fingerprint density at radius 3 is 2.43 bits per heavy atom. The van der Waals surface area contributed by atoms with Gasteiger partial charge in [-0.25, -0.2) is 0 Å². The van der Waals surface area contributed by atoms with E-state index in [-0.39, 0.29) is 5.41 Å². The van der Waals surface area contributed by atoms with Crippen LogP contribution in [0.1, 0.15) is 39.2 Å². The summed E-state index contributed by atoms with van der Waals surface area (Å²) >= 11 is 0. The smallest absolute Gasteiger partial charge is 0.115 e. The van der Waals surface area contributed by atoms with Gasteiger partial charge in [0.15, 0.2) is 0 Å². The van der Waals surface area contributed by atoms with Crippen molar-refractivity contribution in [3.8, 4) is 5.75 Å². The summed E-state index contributed by atoms with van der Waals surface area (Å²) in [7, 11) is 0. The summed E-state index contributed by atoms with van der Waals surface area (Å²) in [5.74, 6) is 1.25. The minimum atomic E-state index is 0.276. The first-order valence-corrected chi connectivity index (χ1v) is 8.19. The first kappa shape index (κ1) is 14.9. The van der Waals surface area contributed by atoms with Crippen LogP contribution in [0.15, 0.2) is 24.3 Å². The van der Waals surface area contributed by atoms with E-state index < -0.39 is 0 Å². The van der Waals surface area contributed by atoms with Crippen molar-refractivity contribution in [1.82, 2.24) is 10.2 Å². The second-order valence-corrected chi connectivity index (χ2v) is 7.83. The van der Waals surface area contributed by atoms with E-state index in [1.165, 1.54) is 18.4 Å². The first-order chi connectivity index (χ1) is 9.93. The molecule has 1 aliphatic carbocycles. The molecule has 0 bridgehead atoms. The van der Waals surface area contributed by atoms with Crippen molar-refractivity contribution in [2.75, 3.05) is 13.1 Å². The molecule has 3 rings (SSSR count). The zero-order valence-corrected chi connectivity index (χ0v) is 13.5. The van der Waals surface area contributed by atoms with Crippen molar-refractivity contribution >= 4 is 0 Å². The van der Waals surface area contributed by atoms with Gasteiger partial charge in [0.05, 0.1) is 0 Å². The van der Waals surface area contributed by atoms with E-state index in [4.69, 9.17) is 0 Å². The predicted molar refractivity (Wildman–Crippen MR) is 86.3 cm³/mol. The molecule has 3 nitrogen and oxygen atoms in total. The molecule has 0 spiro atoms. The van der Waals surface area contributed by atoms with Gasteiger partial charge in [0.1, 0.15) is 5.75 Å². The molecular formula is C18H28N2O. The van der Waals surface area contributed by atoms with Gasteiger partial charge in [0.25, 0.3) is 0 Å². The number of phenols is 1. The minimum absolute atomic E-state index is 0.276. The van der Waals surface area contributed by atoms with Crippen LogP contribution >= 0.6 is 0 Å². The lowest BCUT2D eigenvalue weighted by molar-refractivity contribution is 0.0449. The number of benzene rings is 1. The summed E-state index contributed by atoms with van der Waals surface area (Å²) in [5.41, 5.74) is 1.57. The van der Waals surface area contributed by atoms with Crippen LogP contribution in [-0.4, -0.2) is 35.2 Å². The molecule has 0 aromatic heterocycles. The third-order valence-corrected chi connectivity index (χ3v) is 4.96. The number of piperazine rings is 1. The normalized spacial score (nSPS) is 27.8. The van der Waals surface area contributed by atoms with Gasteiger partial charge in [0.2, 0.25) is 0 Å². The number of rotatable bonds is 3. The van der Waals surface area contributed by atoms with E-state index in [1.54, 1.807) is 12.1 Å². The molecule has 2 N–H and O–H groups in total. The summed E-state index contributed by atoms with van der Waals surface area (Å²) < 4.78 is 0. The maximum Gasteiger partial charge on any atom is 0.115 e. The Hall–Kier alpha value is -1.06. The van der Waals surface area contributed by atoms with Gasteiger partial charge in [0, 0.05) is 31.7 Å². The molecule has 1 saturated carbocycles. The molecule has 3 heteroatoms. The summed E-state index contributed by atoms with van der Waals surface area (Å²) in [6.45, 7) is 10.2. The van der Waals surface area contributed by atoms with Crippen molar-refractivity contribution in [2.24, 2.45) is 11.3 Å². The maximum atomic E-state index is 9.44. The molecule has 2 unspecified atom stereocenters. The SMILES string of the molecule is CC(C)(C)C1CNC(C2CC2)CN1Cc1ccc(O)cc1. The van der Waals surface area contributed by atoms with Crippen LogP contribution in [0.2, 0.25) is 0 Å². The lowest BCUT2D eigenvalue weighted by atomic mass is 9.83. The van der Waals surface area contributed by atoms with Crippen LogP contribution in [0, 0.1) is 11.3 Å². The minimum Gasteiger partial charge on any atom is -0.508 e. The van der Waals surface area contributed by atoms with E-state index in [9.17, 15) is 5.11 Å². The number of nitrogens with zero attached hydrogens (tertiary/aromatic N) is 1. The lowest BCUT2D eigenvalue weighted by Crippen LogP contribution is -2.60. The standard InChI is InChI=1S/C18H28N2O/c1-18(2,3)17-10-19-16(14-6-7-14)12-20(17)11-13-4-8-15(21)9-5-13/h4-5,8-9,14,16-17,19,21H,6-7,10-12H2,1-3H3. The Morgan fingerprint density at radius 2 is 1.86 bits per heavy atom. The molecule has 1 heterocycles. The highest BCUT2D eigenvalue weighted by molar-refractivity contribution is 5.26. The molecular weight excluding hydrogens is 260 g/mol. The molecule has 1 aromatic carbocycles. The number of hydrogen-bond acceptors (Lipinski definition) is 3. The molecule has 2 aliphatic rings. The quantitative estimate of drug-likeness (QED) is 0.897. The van der Waals surface area contributed by atoms with Crippen LogP contribution in [0.5, 0.6) is 5.75 Å². The van der Waals surface area contributed by atoms with Gasteiger partial charge < -0.3 is 10.4 Å². The van der Waals surface area contributed by atoms with Crippen LogP contribution in [0.25, 0.3) is 0 Å². The number of phenolic OH excluding ortho intramolecular Hbond substituents is 1.